The Hall–Kier alpha value is -1.38. The second-order valence-electron chi connectivity index (χ2n) is 6.31. The molecule has 3 unspecified atom stereocenters. The van der Waals surface area contributed by atoms with Gasteiger partial charge in [0.05, 0.1) is 6.10 Å². The number of hydrogen-bond donors (Lipinski definition) is 2. The van der Waals surface area contributed by atoms with Gasteiger partial charge >= 0.3 is 0 Å². The van der Waals surface area contributed by atoms with E-state index < -0.39 is 0 Å². The Balaban J connectivity index is 1.70. The Labute approximate surface area is 127 Å². The van der Waals surface area contributed by atoms with Crippen LogP contribution in [0.3, 0.4) is 0 Å². The van der Waals surface area contributed by atoms with Crippen molar-refractivity contribution in [2.45, 2.75) is 44.8 Å². The molecule has 0 aromatic heterocycles. The summed E-state index contributed by atoms with van der Waals surface area (Å²) in [5.74, 6) is 0.413. The predicted molar refractivity (Wildman–Crippen MR) is 88.3 cm³/mol. The topological polar surface area (TPSA) is 32.3 Å². The molecule has 2 heteroatoms. The molecule has 0 amide bonds. The fraction of sp³-hybridized carbons (Fsp3) is 0.474. The Kier molecular flexibility index (Phi) is 4.57. The largest absolute Gasteiger partial charge is 0.393 e. The Morgan fingerprint density at radius 2 is 1.86 bits per heavy atom. The van der Waals surface area contributed by atoms with Crippen LogP contribution in [0.2, 0.25) is 0 Å². The van der Waals surface area contributed by atoms with E-state index in [9.17, 15) is 5.11 Å². The van der Waals surface area contributed by atoms with Crippen LogP contribution in [0.5, 0.6) is 0 Å². The molecule has 1 aliphatic rings. The Morgan fingerprint density at radius 3 is 2.71 bits per heavy atom. The van der Waals surface area contributed by atoms with Crippen molar-refractivity contribution in [2.75, 3.05) is 6.54 Å². The maximum atomic E-state index is 10.1. The summed E-state index contributed by atoms with van der Waals surface area (Å²) in [7, 11) is 0. The van der Waals surface area contributed by atoms with Crippen LogP contribution < -0.4 is 5.32 Å². The molecule has 112 valence electrons. The summed E-state index contributed by atoms with van der Waals surface area (Å²) in [5.41, 5.74) is 1.35. The van der Waals surface area contributed by atoms with Gasteiger partial charge in [-0.3, -0.25) is 0 Å². The molecule has 2 aromatic carbocycles. The van der Waals surface area contributed by atoms with Crippen LogP contribution in [0.4, 0.5) is 0 Å². The molecule has 1 aliphatic carbocycles. The number of aliphatic hydroxyl groups is 1. The first-order valence-corrected chi connectivity index (χ1v) is 8.15. The van der Waals surface area contributed by atoms with Crippen LogP contribution >= 0.6 is 0 Å². The maximum Gasteiger partial charge on any atom is 0.0580 e. The van der Waals surface area contributed by atoms with Crippen LogP contribution in [0.1, 0.15) is 44.2 Å². The van der Waals surface area contributed by atoms with Crippen LogP contribution in [0, 0.1) is 5.92 Å². The van der Waals surface area contributed by atoms with Gasteiger partial charge in [-0.1, -0.05) is 55.3 Å². The third-order valence-corrected chi connectivity index (χ3v) is 4.85. The summed E-state index contributed by atoms with van der Waals surface area (Å²) in [6, 6.07) is 15.4. The van der Waals surface area contributed by atoms with Crippen molar-refractivity contribution >= 4 is 10.8 Å². The quantitative estimate of drug-likeness (QED) is 0.887. The molecule has 2 N–H and O–H groups in total. The highest BCUT2D eigenvalue weighted by molar-refractivity contribution is 5.86. The summed E-state index contributed by atoms with van der Waals surface area (Å²) >= 11 is 0. The molecule has 1 fully saturated rings. The number of fused-ring (bicyclic) bond motifs is 1. The summed E-state index contributed by atoms with van der Waals surface area (Å²) in [6.07, 6.45) is 4.43. The molecule has 0 radical (unpaired) electrons. The van der Waals surface area contributed by atoms with E-state index in [1.807, 2.05) is 0 Å². The van der Waals surface area contributed by atoms with Gasteiger partial charge in [0, 0.05) is 12.6 Å². The van der Waals surface area contributed by atoms with E-state index in [-0.39, 0.29) is 6.10 Å². The third kappa shape index (κ3) is 3.28. The van der Waals surface area contributed by atoms with Gasteiger partial charge in [0.2, 0.25) is 0 Å². The number of hydrogen-bond acceptors (Lipinski definition) is 2. The van der Waals surface area contributed by atoms with Crippen LogP contribution in [0.25, 0.3) is 10.8 Å². The first-order valence-electron chi connectivity index (χ1n) is 8.15. The highest BCUT2D eigenvalue weighted by Gasteiger charge is 2.23. The van der Waals surface area contributed by atoms with E-state index in [4.69, 9.17) is 0 Å². The van der Waals surface area contributed by atoms with Gasteiger partial charge < -0.3 is 10.4 Å². The van der Waals surface area contributed by atoms with Crippen molar-refractivity contribution in [3.8, 4) is 0 Å². The van der Waals surface area contributed by atoms with Crippen LogP contribution in [0.15, 0.2) is 42.5 Å². The fourth-order valence-electron chi connectivity index (χ4n) is 3.49. The number of rotatable bonds is 4. The summed E-state index contributed by atoms with van der Waals surface area (Å²) in [6.45, 7) is 3.13. The van der Waals surface area contributed by atoms with Crippen molar-refractivity contribution in [3.63, 3.8) is 0 Å². The molecular weight excluding hydrogens is 258 g/mol. The third-order valence-electron chi connectivity index (χ3n) is 4.85. The SMILES string of the molecule is CC(NCC1CCCCC1O)c1cccc2ccccc12. The molecule has 2 aromatic rings. The first kappa shape index (κ1) is 14.6. The van der Waals surface area contributed by atoms with E-state index >= 15 is 0 Å². The molecule has 0 spiro atoms. The lowest BCUT2D eigenvalue weighted by molar-refractivity contribution is 0.0684. The minimum absolute atomic E-state index is 0.119. The van der Waals surface area contributed by atoms with Gasteiger partial charge in [-0.2, -0.15) is 0 Å². The zero-order valence-corrected chi connectivity index (χ0v) is 12.8. The lowest BCUT2D eigenvalue weighted by Gasteiger charge is -2.29. The molecule has 3 atom stereocenters. The summed E-state index contributed by atoms with van der Waals surface area (Å²) in [5, 5.41) is 16.3. The molecule has 3 rings (SSSR count). The zero-order valence-electron chi connectivity index (χ0n) is 12.8. The van der Waals surface area contributed by atoms with Crippen molar-refractivity contribution in [2.24, 2.45) is 5.92 Å². The second-order valence-corrected chi connectivity index (χ2v) is 6.31. The Morgan fingerprint density at radius 1 is 1.10 bits per heavy atom. The second kappa shape index (κ2) is 6.59. The number of aliphatic hydroxyl groups excluding tert-OH is 1. The monoisotopic (exact) mass is 283 g/mol. The van der Waals surface area contributed by atoms with Crippen LogP contribution in [-0.4, -0.2) is 17.8 Å². The molecule has 0 heterocycles. The van der Waals surface area contributed by atoms with Crippen LogP contribution in [-0.2, 0) is 0 Å². The molecule has 21 heavy (non-hydrogen) atoms. The van der Waals surface area contributed by atoms with Gasteiger partial charge in [-0.05, 0) is 42.0 Å². The predicted octanol–water partition coefficient (Wildman–Crippen LogP) is 4.04. The van der Waals surface area contributed by atoms with Gasteiger partial charge in [-0.25, -0.2) is 0 Å². The first-order chi connectivity index (χ1) is 10.3. The summed E-state index contributed by atoms with van der Waals surface area (Å²) < 4.78 is 0. The standard InChI is InChI=1S/C19H25NO/c1-14(20-13-16-8-3-5-12-19(16)21)17-11-6-9-15-7-2-4-10-18(15)17/h2,4,6-7,9-11,14,16,19-21H,3,5,8,12-13H2,1H3. The normalized spacial score (nSPS) is 24.1. The van der Waals surface area contributed by atoms with Crippen molar-refractivity contribution in [1.82, 2.24) is 5.32 Å². The van der Waals surface area contributed by atoms with E-state index in [0.717, 1.165) is 19.4 Å². The Bertz CT molecular complexity index is 590. The van der Waals surface area contributed by atoms with Gasteiger partial charge in [-0.15, -0.1) is 0 Å². The van der Waals surface area contributed by atoms with Crippen molar-refractivity contribution in [1.29, 1.82) is 0 Å². The van der Waals surface area contributed by atoms with E-state index in [0.29, 0.717) is 12.0 Å². The molecule has 1 saturated carbocycles. The lowest BCUT2D eigenvalue weighted by Crippen LogP contribution is -2.35. The summed E-state index contributed by atoms with van der Waals surface area (Å²) in [4.78, 5) is 0. The van der Waals surface area contributed by atoms with Gasteiger partial charge in [0.1, 0.15) is 0 Å². The van der Waals surface area contributed by atoms with Gasteiger partial charge in [0.25, 0.3) is 0 Å². The lowest BCUT2D eigenvalue weighted by atomic mass is 9.86. The van der Waals surface area contributed by atoms with E-state index in [2.05, 4.69) is 54.7 Å². The highest BCUT2D eigenvalue weighted by atomic mass is 16.3. The average Bonchev–Trinajstić information content (AvgIpc) is 2.53. The molecule has 2 nitrogen and oxygen atoms in total. The smallest absolute Gasteiger partial charge is 0.0580 e. The number of benzene rings is 2. The fourth-order valence-corrected chi connectivity index (χ4v) is 3.49. The van der Waals surface area contributed by atoms with Crippen molar-refractivity contribution in [3.05, 3.63) is 48.0 Å². The minimum Gasteiger partial charge on any atom is -0.393 e. The number of nitrogens with one attached hydrogen (secondary N) is 1. The highest BCUT2D eigenvalue weighted by Crippen LogP contribution is 2.27. The molecule has 0 aliphatic heterocycles. The zero-order chi connectivity index (χ0) is 14.7. The maximum absolute atomic E-state index is 10.1. The minimum atomic E-state index is -0.119. The average molecular weight is 283 g/mol. The molecule has 0 bridgehead atoms. The molecular formula is C19H25NO. The van der Waals surface area contributed by atoms with E-state index in [1.165, 1.54) is 29.2 Å². The van der Waals surface area contributed by atoms with Gasteiger partial charge in [0.15, 0.2) is 0 Å². The van der Waals surface area contributed by atoms with E-state index in [1.54, 1.807) is 0 Å². The molecule has 0 saturated heterocycles. The van der Waals surface area contributed by atoms with Crippen molar-refractivity contribution < 1.29 is 5.11 Å².